The van der Waals surface area contributed by atoms with Gasteiger partial charge in [0, 0.05) is 13.6 Å². The van der Waals surface area contributed by atoms with Crippen LogP contribution in [0.3, 0.4) is 0 Å². The summed E-state index contributed by atoms with van der Waals surface area (Å²) < 4.78 is 0. The molecule has 1 aliphatic heterocycles. The number of hydrogen-bond acceptors (Lipinski definition) is 2. The Hall–Kier alpha value is -0.990. The first kappa shape index (κ1) is 7.12. The molecule has 0 aromatic carbocycles. The maximum Gasteiger partial charge on any atom is 0.252 e. The molecule has 10 heavy (non-hydrogen) atoms. The maximum atomic E-state index is 11.1. The monoisotopic (exact) mass is 141 g/mol. The molecular weight excluding hydrogens is 130 g/mol. The normalized spacial score (nSPS) is 23.8. The standard InChI is InChI=1S/C7H11NO2/c1-5(9)6-3-4-8(2)7(6)10/h9H,3-4H2,1-2H3/b6-5-. The number of allylic oxidation sites excluding steroid dienone is 1. The molecule has 56 valence electrons. The van der Waals surface area contributed by atoms with E-state index < -0.39 is 0 Å². The second kappa shape index (κ2) is 2.33. The van der Waals surface area contributed by atoms with E-state index in [9.17, 15) is 4.79 Å². The molecule has 0 saturated carbocycles. The van der Waals surface area contributed by atoms with Crippen molar-refractivity contribution in [3.63, 3.8) is 0 Å². The quantitative estimate of drug-likeness (QED) is 0.398. The number of carbonyl (C=O) groups is 1. The van der Waals surface area contributed by atoms with Gasteiger partial charge in [-0.05, 0) is 13.3 Å². The lowest BCUT2D eigenvalue weighted by atomic mass is 10.2. The molecule has 1 fully saturated rings. The molecule has 1 aliphatic rings. The number of aliphatic hydroxyl groups is 1. The van der Waals surface area contributed by atoms with Gasteiger partial charge in [0.2, 0.25) is 0 Å². The van der Waals surface area contributed by atoms with Crippen molar-refractivity contribution in [2.75, 3.05) is 13.6 Å². The van der Waals surface area contributed by atoms with Gasteiger partial charge in [0.05, 0.1) is 11.3 Å². The summed E-state index contributed by atoms with van der Waals surface area (Å²) in [5.74, 6) is 0.120. The number of rotatable bonds is 0. The van der Waals surface area contributed by atoms with Crippen LogP contribution < -0.4 is 0 Å². The maximum absolute atomic E-state index is 11.1. The summed E-state index contributed by atoms with van der Waals surface area (Å²) in [6.07, 6.45) is 0.678. The topological polar surface area (TPSA) is 40.5 Å². The number of likely N-dealkylation sites (N-methyl/N-ethyl adjacent to an activating group) is 1. The number of hydrogen-bond donors (Lipinski definition) is 1. The molecule has 0 radical (unpaired) electrons. The van der Waals surface area contributed by atoms with Crippen LogP contribution in [0.2, 0.25) is 0 Å². The van der Waals surface area contributed by atoms with Crippen LogP contribution >= 0.6 is 0 Å². The smallest absolute Gasteiger partial charge is 0.252 e. The van der Waals surface area contributed by atoms with Gasteiger partial charge in [-0.25, -0.2) is 0 Å². The average Bonchev–Trinajstić information content (AvgIpc) is 2.14. The van der Waals surface area contributed by atoms with Crippen molar-refractivity contribution in [2.24, 2.45) is 0 Å². The molecular formula is C7H11NO2. The minimum absolute atomic E-state index is 0.0417. The van der Waals surface area contributed by atoms with E-state index in [0.29, 0.717) is 12.0 Å². The fourth-order valence-electron chi connectivity index (χ4n) is 1.05. The lowest BCUT2D eigenvalue weighted by Gasteiger charge is -2.04. The first-order chi connectivity index (χ1) is 4.63. The van der Waals surface area contributed by atoms with Crippen LogP contribution in [0.15, 0.2) is 11.3 Å². The molecule has 1 N–H and O–H groups in total. The predicted molar refractivity (Wildman–Crippen MR) is 37.6 cm³/mol. The molecule has 0 unspecified atom stereocenters. The summed E-state index contributed by atoms with van der Waals surface area (Å²) in [5.41, 5.74) is 0.558. The Morgan fingerprint density at radius 3 is 2.50 bits per heavy atom. The van der Waals surface area contributed by atoms with Crippen molar-refractivity contribution >= 4 is 5.91 Å². The summed E-state index contributed by atoms with van der Waals surface area (Å²) in [5, 5.41) is 8.97. The third-order valence-electron chi connectivity index (χ3n) is 1.74. The van der Waals surface area contributed by atoms with E-state index in [2.05, 4.69) is 0 Å². The second-order valence-corrected chi connectivity index (χ2v) is 2.54. The molecule has 0 spiro atoms. The van der Waals surface area contributed by atoms with Gasteiger partial charge in [0.15, 0.2) is 0 Å². The van der Waals surface area contributed by atoms with Crippen LogP contribution in [-0.2, 0) is 4.79 Å². The van der Waals surface area contributed by atoms with Gasteiger partial charge in [0.25, 0.3) is 5.91 Å². The van der Waals surface area contributed by atoms with Crippen LogP contribution in [0.5, 0.6) is 0 Å². The zero-order chi connectivity index (χ0) is 7.72. The first-order valence-electron chi connectivity index (χ1n) is 3.27. The van der Waals surface area contributed by atoms with E-state index in [-0.39, 0.29) is 11.7 Å². The van der Waals surface area contributed by atoms with E-state index in [1.54, 1.807) is 18.9 Å². The number of aliphatic hydroxyl groups excluding tert-OH is 1. The molecule has 3 heteroatoms. The van der Waals surface area contributed by atoms with Crippen LogP contribution in [0.4, 0.5) is 0 Å². The highest BCUT2D eigenvalue weighted by Crippen LogP contribution is 2.17. The summed E-state index contributed by atoms with van der Waals surface area (Å²) in [4.78, 5) is 12.7. The van der Waals surface area contributed by atoms with Crippen molar-refractivity contribution in [1.82, 2.24) is 4.90 Å². The number of likely N-dealkylation sites (tertiary alicyclic amines) is 1. The zero-order valence-electron chi connectivity index (χ0n) is 6.22. The third kappa shape index (κ3) is 0.988. The Morgan fingerprint density at radius 2 is 2.30 bits per heavy atom. The van der Waals surface area contributed by atoms with E-state index >= 15 is 0 Å². The van der Waals surface area contributed by atoms with Gasteiger partial charge in [-0.3, -0.25) is 4.79 Å². The molecule has 0 bridgehead atoms. The molecule has 0 atom stereocenters. The van der Waals surface area contributed by atoms with E-state index in [0.717, 1.165) is 6.54 Å². The minimum Gasteiger partial charge on any atom is -0.512 e. The Kier molecular flexibility index (Phi) is 1.66. The van der Waals surface area contributed by atoms with Gasteiger partial charge < -0.3 is 10.0 Å². The van der Waals surface area contributed by atoms with Crippen LogP contribution in [0, 0.1) is 0 Å². The number of carbonyl (C=O) groups excluding carboxylic acids is 1. The van der Waals surface area contributed by atoms with Crippen molar-refractivity contribution in [3.8, 4) is 0 Å². The second-order valence-electron chi connectivity index (χ2n) is 2.54. The molecule has 0 aromatic heterocycles. The summed E-state index contributed by atoms with van der Waals surface area (Å²) in [6.45, 7) is 2.28. The number of nitrogens with zero attached hydrogens (tertiary/aromatic N) is 1. The fourth-order valence-corrected chi connectivity index (χ4v) is 1.05. The van der Waals surface area contributed by atoms with Gasteiger partial charge in [-0.2, -0.15) is 0 Å². The van der Waals surface area contributed by atoms with Crippen molar-refractivity contribution in [2.45, 2.75) is 13.3 Å². The molecule has 1 saturated heterocycles. The third-order valence-corrected chi connectivity index (χ3v) is 1.74. The van der Waals surface area contributed by atoms with Gasteiger partial charge in [0.1, 0.15) is 0 Å². The van der Waals surface area contributed by atoms with Crippen LogP contribution in [-0.4, -0.2) is 29.5 Å². The van der Waals surface area contributed by atoms with Crippen molar-refractivity contribution in [1.29, 1.82) is 0 Å². The summed E-state index contributed by atoms with van der Waals surface area (Å²) in [6, 6.07) is 0. The Balaban J connectivity index is 2.86. The highest BCUT2D eigenvalue weighted by Gasteiger charge is 2.24. The Morgan fingerprint density at radius 1 is 1.70 bits per heavy atom. The lowest BCUT2D eigenvalue weighted by Crippen LogP contribution is -2.19. The molecule has 1 amide bonds. The fraction of sp³-hybridized carbons (Fsp3) is 0.571. The SMILES string of the molecule is C/C(O)=C1\CCN(C)C1=O. The predicted octanol–water partition coefficient (Wildman–Crippen LogP) is 0.681. The molecule has 0 aromatic rings. The van der Waals surface area contributed by atoms with Crippen LogP contribution in [0.25, 0.3) is 0 Å². The summed E-state index contributed by atoms with van der Waals surface area (Å²) in [7, 11) is 1.73. The van der Waals surface area contributed by atoms with E-state index in [1.807, 2.05) is 0 Å². The summed E-state index contributed by atoms with van der Waals surface area (Å²) >= 11 is 0. The Labute approximate surface area is 59.9 Å². The van der Waals surface area contributed by atoms with Gasteiger partial charge in [-0.15, -0.1) is 0 Å². The number of amides is 1. The highest BCUT2D eigenvalue weighted by molar-refractivity contribution is 5.95. The van der Waals surface area contributed by atoms with Crippen molar-refractivity contribution in [3.05, 3.63) is 11.3 Å². The minimum atomic E-state index is -0.0417. The van der Waals surface area contributed by atoms with E-state index in [4.69, 9.17) is 5.11 Å². The Bertz CT molecular complexity index is 192. The molecule has 1 rings (SSSR count). The molecule has 1 heterocycles. The first-order valence-corrected chi connectivity index (χ1v) is 3.27. The molecule has 3 nitrogen and oxygen atoms in total. The largest absolute Gasteiger partial charge is 0.512 e. The van der Waals surface area contributed by atoms with Crippen LogP contribution in [0.1, 0.15) is 13.3 Å². The average molecular weight is 141 g/mol. The highest BCUT2D eigenvalue weighted by atomic mass is 16.3. The van der Waals surface area contributed by atoms with Gasteiger partial charge >= 0.3 is 0 Å². The van der Waals surface area contributed by atoms with Crippen molar-refractivity contribution < 1.29 is 9.90 Å². The van der Waals surface area contributed by atoms with E-state index in [1.165, 1.54) is 0 Å². The van der Waals surface area contributed by atoms with Gasteiger partial charge in [-0.1, -0.05) is 0 Å². The lowest BCUT2D eigenvalue weighted by molar-refractivity contribution is -0.123. The molecule has 0 aliphatic carbocycles. The zero-order valence-corrected chi connectivity index (χ0v) is 6.22.